The Hall–Kier alpha value is -3.19. The van der Waals surface area contributed by atoms with E-state index in [9.17, 15) is 4.79 Å². The van der Waals surface area contributed by atoms with Crippen molar-refractivity contribution in [2.24, 2.45) is 0 Å². The van der Waals surface area contributed by atoms with Crippen molar-refractivity contribution in [2.45, 2.75) is 12.5 Å². The SMILES string of the molecule is COc1cc(OC)cc(N2CCC(Nc3cnn(-c4ccccc4)c(=O)c3Cl)C2)c1. The summed E-state index contributed by atoms with van der Waals surface area (Å²) in [6.45, 7) is 1.62. The molecule has 0 aliphatic carbocycles. The van der Waals surface area contributed by atoms with Gasteiger partial charge < -0.3 is 19.7 Å². The first-order valence-corrected chi connectivity index (χ1v) is 10.0. The number of benzene rings is 2. The van der Waals surface area contributed by atoms with Gasteiger partial charge in [0.1, 0.15) is 16.5 Å². The molecule has 7 nitrogen and oxygen atoms in total. The predicted molar refractivity (Wildman–Crippen MR) is 119 cm³/mol. The maximum Gasteiger partial charge on any atom is 0.292 e. The zero-order valence-corrected chi connectivity index (χ0v) is 17.6. The van der Waals surface area contributed by atoms with Crippen molar-refractivity contribution in [2.75, 3.05) is 37.5 Å². The Kier molecular flexibility index (Phi) is 5.81. The smallest absolute Gasteiger partial charge is 0.292 e. The molecule has 30 heavy (non-hydrogen) atoms. The van der Waals surface area contributed by atoms with Crippen molar-refractivity contribution in [3.05, 3.63) is 70.1 Å². The summed E-state index contributed by atoms with van der Waals surface area (Å²) in [6.07, 6.45) is 2.51. The number of aromatic nitrogens is 2. The molecule has 1 aliphatic rings. The van der Waals surface area contributed by atoms with Crippen LogP contribution in [0.15, 0.2) is 59.5 Å². The summed E-state index contributed by atoms with van der Waals surface area (Å²) in [5.41, 5.74) is 1.90. The van der Waals surface area contributed by atoms with E-state index in [0.29, 0.717) is 11.4 Å². The number of nitrogens with zero attached hydrogens (tertiary/aromatic N) is 3. The predicted octanol–water partition coefficient (Wildman–Crippen LogP) is 3.59. The molecule has 156 valence electrons. The van der Waals surface area contributed by atoms with E-state index in [1.54, 1.807) is 20.4 Å². The number of ether oxygens (including phenoxy) is 2. The van der Waals surface area contributed by atoms with Crippen molar-refractivity contribution in [3.8, 4) is 17.2 Å². The number of hydrogen-bond donors (Lipinski definition) is 1. The first-order valence-electron chi connectivity index (χ1n) is 9.67. The average Bonchev–Trinajstić information content (AvgIpc) is 3.26. The fraction of sp³-hybridized carbons (Fsp3) is 0.273. The van der Waals surface area contributed by atoms with E-state index in [0.717, 1.165) is 36.7 Å². The van der Waals surface area contributed by atoms with Gasteiger partial charge in [-0.3, -0.25) is 4.79 Å². The van der Waals surface area contributed by atoms with Crippen molar-refractivity contribution < 1.29 is 9.47 Å². The molecule has 0 radical (unpaired) electrons. The maximum absolute atomic E-state index is 12.7. The lowest BCUT2D eigenvalue weighted by Crippen LogP contribution is -2.28. The van der Waals surface area contributed by atoms with E-state index in [1.807, 2.05) is 48.5 Å². The van der Waals surface area contributed by atoms with E-state index in [2.05, 4.69) is 15.3 Å². The van der Waals surface area contributed by atoms with Gasteiger partial charge in [-0.1, -0.05) is 29.8 Å². The summed E-state index contributed by atoms with van der Waals surface area (Å²) >= 11 is 6.38. The van der Waals surface area contributed by atoms with Crippen molar-refractivity contribution >= 4 is 23.0 Å². The maximum atomic E-state index is 12.7. The number of hydrogen-bond acceptors (Lipinski definition) is 6. The number of nitrogens with one attached hydrogen (secondary N) is 1. The van der Waals surface area contributed by atoms with Crippen LogP contribution in [-0.4, -0.2) is 43.1 Å². The van der Waals surface area contributed by atoms with Gasteiger partial charge in [0.25, 0.3) is 5.56 Å². The normalized spacial score (nSPS) is 15.8. The van der Waals surface area contributed by atoms with Gasteiger partial charge >= 0.3 is 0 Å². The van der Waals surface area contributed by atoms with E-state index in [1.165, 1.54) is 4.68 Å². The molecule has 8 heteroatoms. The highest BCUT2D eigenvalue weighted by Crippen LogP contribution is 2.31. The highest BCUT2D eigenvalue weighted by molar-refractivity contribution is 6.33. The van der Waals surface area contributed by atoms with E-state index in [-0.39, 0.29) is 16.6 Å². The molecule has 1 atom stereocenters. The highest BCUT2D eigenvalue weighted by atomic mass is 35.5. The summed E-state index contributed by atoms with van der Waals surface area (Å²) in [6, 6.07) is 15.2. The Balaban J connectivity index is 1.50. The largest absolute Gasteiger partial charge is 0.497 e. The van der Waals surface area contributed by atoms with E-state index in [4.69, 9.17) is 21.1 Å². The van der Waals surface area contributed by atoms with Gasteiger partial charge in [0, 0.05) is 43.0 Å². The van der Waals surface area contributed by atoms with Gasteiger partial charge in [-0.25, -0.2) is 0 Å². The molecule has 0 bridgehead atoms. The zero-order valence-electron chi connectivity index (χ0n) is 16.8. The molecule has 1 N–H and O–H groups in total. The van der Waals surface area contributed by atoms with Crippen molar-refractivity contribution in [1.82, 2.24) is 9.78 Å². The van der Waals surface area contributed by atoms with E-state index >= 15 is 0 Å². The van der Waals surface area contributed by atoms with Crippen LogP contribution in [0.1, 0.15) is 6.42 Å². The third-order valence-electron chi connectivity index (χ3n) is 5.17. The summed E-state index contributed by atoms with van der Waals surface area (Å²) in [5.74, 6) is 1.50. The molecule has 1 fully saturated rings. The molecule has 0 amide bonds. The van der Waals surface area contributed by atoms with Crippen molar-refractivity contribution in [3.63, 3.8) is 0 Å². The molecule has 1 unspecified atom stereocenters. The zero-order chi connectivity index (χ0) is 21.1. The van der Waals surface area contributed by atoms with Gasteiger partial charge in [-0.05, 0) is 18.6 Å². The second kappa shape index (κ2) is 8.67. The summed E-state index contributed by atoms with van der Waals surface area (Å²) in [7, 11) is 3.28. The van der Waals surface area contributed by atoms with Crippen LogP contribution in [0.3, 0.4) is 0 Å². The average molecular weight is 427 g/mol. The first-order chi connectivity index (χ1) is 14.6. The molecule has 1 saturated heterocycles. The Bertz CT molecular complexity index is 1070. The van der Waals surface area contributed by atoms with Gasteiger partial charge in [-0.2, -0.15) is 9.78 Å². The molecule has 0 spiro atoms. The topological polar surface area (TPSA) is 68.6 Å². The molecule has 2 heterocycles. The quantitative estimate of drug-likeness (QED) is 0.649. The van der Waals surface area contributed by atoms with Gasteiger partial charge in [0.15, 0.2) is 0 Å². The Morgan fingerprint density at radius 2 is 1.77 bits per heavy atom. The molecule has 3 aromatic rings. The summed E-state index contributed by atoms with van der Waals surface area (Å²) in [5, 5.41) is 7.79. The molecule has 0 saturated carbocycles. The van der Waals surface area contributed by atoms with Crippen molar-refractivity contribution in [1.29, 1.82) is 0 Å². The minimum Gasteiger partial charge on any atom is -0.497 e. The van der Waals surface area contributed by atoms with Gasteiger partial charge in [0.2, 0.25) is 0 Å². The Morgan fingerprint density at radius 3 is 2.43 bits per heavy atom. The van der Waals surface area contributed by atoms with Crippen LogP contribution in [-0.2, 0) is 0 Å². The molecule has 2 aromatic carbocycles. The number of halogens is 1. The number of methoxy groups -OCH3 is 2. The fourth-order valence-electron chi connectivity index (χ4n) is 3.59. The van der Waals surface area contributed by atoms with Crippen LogP contribution in [0.25, 0.3) is 5.69 Å². The second-order valence-corrected chi connectivity index (χ2v) is 7.45. The molecular formula is C22H23ClN4O3. The lowest BCUT2D eigenvalue weighted by Gasteiger charge is -2.21. The number of anilines is 2. The third kappa shape index (κ3) is 4.07. The summed E-state index contributed by atoms with van der Waals surface area (Å²) < 4.78 is 12.0. The van der Waals surface area contributed by atoms with Crippen LogP contribution >= 0.6 is 11.6 Å². The highest BCUT2D eigenvalue weighted by Gasteiger charge is 2.25. The Labute approximate surface area is 179 Å². The molecule has 4 rings (SSSR count). The van der Waals surface area contributed by atoms with E-state index < -0.39 is 0 Å². The molecule has 1 aliphatic heterocycles. The van der Waals surface area contributed by atoms with Gasteiger partial charge in [-0.15, -0.1) is 0 Å². The van der Waals surface area contributed by atoms with Crippen LogP contribution in [0.2, 0.25) is 5.02 Å². The number of para-hydroxylation sites is 1. The van der Waals surface area contributed by atoms with Crippen LogP contribution in [0, 0.1) is 0 Å². The molecule has 1 aromatic heterocycles. The lowest BCUT2D eigenvalue weighted by molar-refractivity contribution is 0.394. The number of rotatable bonds is 6. The van der Waals surface area contributed by atoms with Crippen LogP contribution in [0.4, 0.5) is 11.4 Å². The van der Waals surface area contributed by atoms with Gasteiger partial charge in [0.05, 0.1) is 31.8 Å². The summed E-state index contributed by atoms with van der Waals surface area (Å²) in [4.78, 5) is 14.9. The van der Waals surface area contributed by atoms with Crippen LogP contribution in [0.5, 0.6) is 11.5 Å². The third-order valence-corrected chi connectivity index (χ3v) is 5.53. The first kappa shape index (κ1) is 20.1. The monoisotopic (exact) mass is 426 g/mol. The van der Waals surface area contributed by atoms with Crippen LogP contribution < -0.4 is 25.2 Å². The fourth-order valence-corrected chi connectivity index (χ4v) is 3.78. The Morgan fingerprint density at radius 1 is 1.07 bits per heavy atom. The standard InChI is InChI=1S/C22H23ClN4O3/c1-29-18-10-17(11-19(12-18)30-2)26-9-8-15(14-26)25-20-13-24-27(22(28)21(20)23)16-6-4-3-5-7-16/h3-7,10-13,15,25H,8-9,14H2,1-2H3. The molecular weight excluding hydrogens is 404 g/mol. The lowest BCUT2D eigenvalue weighted by atomic mass is 10.2. The minimum atomic E-state index is -0.347. The minimum absolute atomic E-state index is 0.133. The second-order valence-electron chi connectivity index (χ2n) is 7.07.